The van der Waals surface area contributed by atoms with E-state index in [9.17, 15) is 9.59 Å². The van der Waals surface area contributed by atoms with Crippen molar-refractivity contribution in [2.24, 2.45) is 10.9 Å². The van der Waals surface area contributed by atoms with Crippen LogP contribution in [0.2, 0.25) is 0 Å². The molecule has 0 aliphatic heterocycles. The molecular weight excluding hydrogens is 194 g/mol. The van der Waals surface area contributed by atoms with Crippen LogP contribution in [0, 0.1) is 5.92 Å². The molecule has 0 aromatic carbocycles. The average molecular weight is 209 g/mol. The van der Waals surface area contributed by atoms with Gasteiger partial charge in [0.15, 0.2) is 0 Å². The molecule has 1 fully saturated rings. The molecule has 1 aliphatic rings. The van der Waals surface area contributed by atoms with Crippen LogP contribution in [0.25, 0.3) is 0 Å². The number of isocyanates is 1. The van der Waals surface area contributed by atoms with Crippen LogP contribution in [0.4, 0.5) is 0 Å². The van der Waals surface area contributed by atoms with Gasteiger partial charge in [0, 0.05) is 5.57 Å². The van der Waals surface area contributed by atoms with Crippen molar-refractivity contribution in [3.8, 4) is 0 Å². The van der Waals surface area contributed by atoms with E-state index in [1.54, 1.807) is 6.08 Å². The van der Waals surface area contributed by atoms with Crippen molar-refractivity contribution in [3.05, 3.63) is 12.2 Å². The van der Waals surface area contributed by atoms with E-state index in [1.165, 1.54) is 7.11 Å². The fraction of sp³-hybridized carbons (Fsp3) is 0.636. The predicted molar refractivity (Wildman–Crippen MR) is 55.0 cm³/mol. The average Bonchev–Trinajstić information content (AvgIpc) is 2.28. The number of aliphatic imine (C=N–C) groups is 1. The van der Waals surface area contributed by atoms with Crippen molar-refractivity contribution in [2.75, 3.05) is 7.11 Å². The van der Waals surface area contributed by atoms with Gasteiger partial charge in [0.25, 0.3) is 0 Å². The Morgan fingerprint density at radius 1 is 1.40 bits per heavy atom. The number of nitrogens with zero attached hydrogens (tertiary/aromatic N) is 1. The van der Waals surface area contributed by atoms with Crippen molar-refractivity contribution in [1.82, 2.24) is 0 Å². The number of carbonyl (C=O) groups is 1. The minimum Gasteiger partial charge on any atom is -0.466 e. The van der Waals surface area contributed by atoms with Gasteiger partial charge in [-0.25, -0.2) is 14.6 Å². The quantitative estimate of drug-likeness (QED) is 0.307. The number of ether oxygens (including phenoxy) is 1. The molecule has 0 aromatic rings. The third-order valence-electron chi connectivity index (χ3n) is 2.87. The minimum absolute atomic E-state index is 0.0733. The minimum atomic E-state index is -0.336. The Morgan fingerprint density at radius 3 is 2.47 bits per heavy atom. The van der Waals surface area contributed by atoms with E-state index in [0.29, 0.717) is 5.57 Å². The monoisotopic (exact) mass is 209 g/mol. The van der Waals surface area contributed by atoms with Crippen molar-refractivity contribution in [1.29, 1.82) is 0 Å². The van der Waals surface area contributed by atoms with Crippen molar-refractivity contribution in [2.45, 2.75) is 31.7 Å². The third kappa shape index (κ3) is 3.03. The first-order valence-electron chi connectivity index (χ1n) is 5.03. The van der Waals surface area contributed by atoms with Gasteiger partial charge in [-0.2, -0.15) is 0 Å². The molecule has 0 unspecified atom stereocenters. The molecule has 1 rings (SSSR count). The number of carbonyl (C=O) groups excluding carboxylic acids is 2. The van der Waals surface area contributed by atoms with Crippen LogP contribution in [0.5, 0.6) is 0 Å². The second-order valence-electron chi connectivity index (χ2n) is 3.74. The van der Waals surface area contributed by atoms with Crippen molar-refractivity contribution >= 4 is 12.0 Å². The van der Waals surface area contributed by atoms with Gasteiger partial charge < -0.3 is 4.74 Å². The summed E-state index contributed by atoms with van der Waals surface area (Å²) in [5, 5.41) is 0. The van der Waals surface area contributed by atoms with E-state index in [4.69, 9.17) is 0 Å². The molecule has 4 heteroatoms. The summed E-state index contributed by atoms with van der Waals surface area (Å²) in [6.07, 6.45) is 4.88. The van der Waals surface area contributed by atoms with E-state index >= 15 is 0 Å². The van der Waals surface area contributed by atoms with Crippen LogP contribution in [-0.2, 0) is 14.3 Å². The number of esters is 1. The summed E-state index contributed by atoms with van der Waals surface area (Å²) in [6.45, 7) is 3.74. The normalized spacial score (nSPS) is 25.1. The zero-order valence-electron chi connectivity index (χ0n) is 8.86. The Hall–Kier alpha value is -1.41. The molecule has 15 heavy (non-hydrogen) atoms. The highest BCUT2D eigenvalue weighted by Gasteiger charge is 2.26. The highest BCUT2D eigenvalue weighted by molar-refractivity contribution is 5.88. The molecule has 1 aliphatic carbocycles. The van der Waals surface area contributed by atoms with Crippen molar-refractivity contribution in [3.63, 3.8) is 0 Å². The van der Waals surface area contributed by atoms with E-state index in [2.05, 4.69) is 16.3 Å². The third-order valence-corrected chi connectivity index (χ3v) is 2.87. The molecule has 4 nitrogen and oxygen atoms in total. The molecule has 0 N–H and O–H groups in total. The first-order valence-corrected chi connectivity index (χ1v) is 5.03. The van der Waals surface area contributed by atoms with Gasteiger partial charge in [-0.1, -0.05) is 6.58 Å². The van der Waals surface area contributed by atoms with Crippen LogP contribution >= 0.6 is 0 Å². The summed E-state index contributed by atoms with van der Waals surface area (Å²) in [5.41, 5.74) is 0.533. The van der Waals surface area contributed by atoms with Gasteiger partial charge in [-0.3, -0.25) is 0 Å². The number of hydrogen-bond acceptors (Lipinski definition) is 4. The van der Waals surface area contributed by atoms with E-state index in [-0.39, 0.29) is 17.9 Å². The summed E-state index contributed by atoms with van der Waals surface area (Å²) in [7, 11) is 1.36. The Bertz CT molecular complexity index is 297. The first-order chi connectivity index (χ1) is 7.19. The summed E-state index contributed by atoms with van der Waals surface area (Å²) < 4.78 is 4.62. The van der Waals surface area contributed by atoms with Crippen LogP contribution in [-0.4, -0.2) is 25.2 Å². The molecule has 0 spiro atoms. The standard InChI is InChI=1S/C11H15NO3/c1-8(11(14)15-2)9-3-5-10(6-4-9)12-7-13/h9-10H,1,3-6H2,2H3. The van der Waals surface area contributed by atoms with Crippen LogP contribution < -0.4 is 0 Å². The summed E-state index contributed by atoms with van der Waals surface area (Å²) in [4.78, 5) is 25.0. The zero-order valence-corrected chi connectivity index (χ0v) is 8.86. The zero-order chi connectivity index (χ0) is 11.3. The lowest BCUT2D eigenvalue weighted by atomic mass is 9.82. The number of hydrogen-bond donors (Lipinski definition) is 0. The lowest BCUT2D eigenvalue weighted by Crippen LogP contribution is -2.22. The summed E-state index contributed by atoms with van der Waals surface area (Å²) in [5.74, 6) is -0.159. The largest absolute Gasteiger partial charge is 0.466 e. The van der Waals surface area contributed by atoms with E-state index in [1.807, 2.05) is 0 Å². The molecule has 0 saturated heterocycles. The maximum atomic E-state index is 11.2. The van der Waals surface area contributed by atoms with E-state index < -0.39 is 0 Å². The Balaban J connectivity index is 2.47. The van der Waals surface area contributed by atoms with Gasteiger partial charge in [-0.15, -0.1) is 0 Å². The first kappa shape index (κ1) is 11.7. The van der Waals surface area contributed by atoms with Crippen LogP contribution in [0.1, 0.15) is 25.7 Å². The lowest BCUT2D eigenvalue weighted by Gasteiger charge is -2.25. The van der Waals surface area contributed by atoms with E-state index in [0.717, 1.165) is 25.7 Å². The summed E-state index contributed by atoms with van der Waals surface area (Å²) in [6, 6.07) is 0.0733. The van der Waals surface area contributed by atoms with Gasteiger partial charge in [0.1, 0.15) is 0 Å². The molecule has 0 heterocycles. The Kier molecular flexibility index (Phi) is 4.25. The Labute approximate surface area is 89.0 Å². The number of methoxy groups -OCH3 is 1. The highest BCUT2D eigenvalue weighted by atomic mass is 16.5. The second-order valence-corrected chi connectivity index (χ2v) is 3.74. The molecule has 0 aromatic heterocycles. The fourth-order valence-electron chi connectivity index (χ4n) is 1.93. The van der Waals surface area contributed by atoms with Crippen LogP contribution in [0.3, 0.4) is 0 Å². The van der Waals surface area contributed by atoms with Crippen LogP contribution in [0.15, 0.2) is 17.1 Å². The molecule has 0 atom stereocenters. The molecule has 0 amide bonds. The molecule has 0 radical (unpaired) electrons. The SMILES string of the molecule is C=C(C(=O)OC)C1CCC(N=C=O)CC1. The molecule has 0 bridgehead atoms. The van der Waals surface area contributed by atoms with Crippen molar-refractivity contribution < 1.29 is 14.3 Å². The molecule has 82 valence electrons. The topological polar surface area (TPSA) is 55.7 Å². The Morgan fingerprint density at radius 2 is 2.00 bits per heavy atom. The van der Waals surface area contributed by atoms with Gasteiger partial charge in [0.2, 0.25) is 6.08 Å². The predicted octanol–water partition coefficient (Wildman–Crippen LogP) is 1.61. The highest BCUT2D eigenvalue weighted by Crippen LogP contribution is 2.30. The smallest absolute Gasteiger partial charge is 0.333 e. The molecule has 1 saturated carbocycles. The fourth-order valence-corrected chi connectivity index (χ4v) is 1.93. The maximum Gasteiger partial charge on any atom is 0.333 e. The van der Waals surface area contributed by atoms with Gasteiger partial charge >= 0.3 is 5.97 Å². The molecular formula is C11H15NO3. The summed E-state index contributed by atoms with van der Waals surface area (Å²) >= 11 is 0. The second kappa shape index (κ2) is 5.47. The number of rotatable bonds is 3. The lowest BCUT2D eigenvalue weighted by molar-refractivity contribution is -0.136. The van der Waals surface area contributed by atoms with Gasteiger partial charge in [-0.05, 0) is 31.6 Å². The van der Waals surface area contributed by atoms with Gasteiger partial charge in [0.05, 0.1) is 13.2 Å². The maximum absolute atomic E-state index is 11.2.